The molecule has 0 aliphatic rings. The lowest BCUT2D eigenvalue weighted by Crippen LogP contribution is -2.26. The van der Waals surface area contributed by atoms with Gasteiger partial charge < -0.3 is 14.6 Å². The van der Waals surface area contributed by atoms with E-state index in [9.17, 15) is 0 Å². The molecule has 2 aromatic carbocycles. The molecule has 0 saturated carbocycles. The Balaban J connectivity index is 2.04. The molecule has 0 unspecified atom stereocenters. The molecule has 3 aromatic rings. The number of aryl methyl sites for hydroxylation is 1. The van der Waals surface area contributed by atoms with Crippen LogP contribution in [0.3, 0.4) is 0 Å². The maximum absolute atomic E-state index is 8.86. The van der Waals surface area contributed by atoms with Crippen molar-refractivity contribution in [3.8, 4) is 22.6 Å². The van der Waals surface area contributed by atoms with E-state index in [0.717, 1.165) is 33.4 Å². The zero-order chi connectivity index (χ0) is 16.9. The molecule has 1 N–H and O–H groups in total. The second-order valence-electron chi connectivity index (χ2n) is 5.74. The quantitative estimate of drug-likeness (QED) is 0.560. The monoisotopic (exact) mass is 324 g/mol. The van der Waals surface area contributed by atoms with Crippen LogP contribution in [0, 0.1) is 0 Å². The lowest BCUT2D eigenvalue weighted by Gasteiger charge is -2.09. The predicted molar refractivity (Wildman–Crippen MR) is 94.3 cm³/mol. The summed E-state index contributed by atoms with van der Waals surface area (Å²) in [5.74, 6) is 1.66. The molecule has 0 bridgehead atoms. The Morgan fingerprint density at radius 3 is 2.71 bits per heavy atom. The Morgan fingerprint density at radius 2 is 1.92 bits per heavy atom. The highest BCUT2D eigenvalue weighted by Crippen LogP contribution is 2.31. The summed E-state index contributed by atoms with van der Waals surface area (Å²) in [6.45, 7) is 0.659. The van der Waals surface area contributed by atoms with E-state index in [1.807, 2.05) is 37.4 Å². The van der Waals surface area contributed by atoms with Gasteiger partial charge in [-0.15, -0.1) is 0 Å². The Labute approximate surface area is 141 Å². The van der Waals surface area contributed by atoms with Gasteiger partial charge in [-0.25, -0.2) is 4.57 Å². The third-order valence-electron chi connectivity index (χ3n) is 3.94. The fourth-order valence-electron chi connectivity index (χ4n) is 2.79. The molecule has 124 valence electrons. The summed E-state index contributed by atoms with van der Waals surface area (Å²) in [6, 6.07) is 14.2. The molecule has 1 aromatic heterocycles. The molecule has 1 heterocycles. The molecule has 3 rings (SSSR count). The molecule has 0 radical (unpaired) electrons. The first-order valence-corrected chi connectivity index (χ1v) is 8.02. The summed E-state index contributed by atoms with van der Waals surface area (Å²) < 4.78 is 13.1. The third-order valence-corrected chi connectivity index (χ3v) is 3.94. The molecule has 0 aliphatic heterocycles. The van der Waals surface area contributed by atoms with Crippen LogP contribution in [0.2, 0.25) is 0 Å². The van der Waals surface area contributed by atoms with Gasteiger partial charge in [0.2, 0.25) is 0 Å². The summed E-state index contributed by atoms with van der Waals surface area (Å²) in [5, 5.41) is 11.1. The van der Waals surface area contributed by atoms with Crippen LogP contribution in [0.15, 0.2) is 54.9 Å². The molecule has 4 nitrogen and oxygen atoms in total. The SMILES string of the molecule is COc1cccc(-c2c[n+](C)cc3cc(OCCCO)ccc23)c1. The summed E-state index contributed by atoms with van der Waals surface area (Å²) in [7, 11) is 3.70. The van der Waals surface area contributed by atoms with Crippen molar-refractivity contribution in [3.05, 3.63) is 54.9 Å². The molecule has 0 aliphatic carbocycles. The largest absolute Gasteiger partial charge is 0.497 e. The highest BCUT2D eigenvalue weighted by Gasteiger charge is 2.11. The minimum Gasteiger partial charge on any atom is -0.497 e. The number of pyridine rings is 1. The number of aliphatic hydroxyl groups is 1. The van der Waals surface area contributed by atoms with Gasteiger partial charge in [-0.1, -0.05) is 12.1 Å². The van der Waals surface area contributed by atoms with Crippen molar-refractivity contribution < 1.29 is 19.1 Å². The average molecular weight is 324 g/mol. The number of rotatable bonds is 6. The van der Waals surface area contributed by atoms with Crippen LogP contribution in [0.4, 0.5) is 0 Å². The van der Waals surface area contributed by atoms with E-state index in [1.54, 1.807) is 7.11 Å². The van der Waals surface area contributed by atoms with Gasteiger partial charge in [-0.3, -0.25) is 0 Å². The number of ether oxygens (including phenoxy) is 2. The minimum atomic E-state index is 0.141. The van der Waals surface area contributed by atoms with E-state index in [1.165, 1.54) is 0 Å². The second-order valence-corrected chi connectivity index (χ2v) is 5.74. The third kappa shape index (κ3) is 3.49. The molecule has 0 saturated heterocycles. The van der Waals surface area contributed by atoms with Gasteiger partial charge in [0.05, 0.1) is 19.3 Å². The number of fused-ring (bicyclic) bond motifs is 1. The fourth-order valence-corrected chi connectivity index (χ4v) is 2.79. The number of methoxy groups -OCH3 is 1. The van der Waals surface area contributed by atoms with Gasteiger partial charge in [-0.2, -0.15) is 0 Å². The van der Waals surface area contributed by atoms with Crippen LogP contribution in [0.5, 0.6) is 11.5 Å². The molecule has 24 heavy (non-hydrogen) atoms. The Morgan fingerprint density at radius 1 is 1.04 bits per heavy atom. The molecule has 0 amide bonds. The Kier molecular flexibility index (Phi) is 4.96. The van der Waals surface area contributed by atoms with Crippen LogP contribution in [0.25, 0.3) is 21.9 Å². The van der Waals surface area contributed by atoms with Crippen molar-refractivity contribution >= 4 is 10.8 Å². The highest BCUT2D eigenvalue weighted by atomic mass is 16.5. The zero-order valence-corrected chi connectivity index (χ0v) is 14.0. The van der Waals surface area contributed by atoms with Gasteiger partial charge >= 0.3 is 0 Å². The van der Waals surface area contributed by atoms with E-state index < -0.39 is 0 Å². The van der Waals surface area contributed by atoms with Crippen LogP contribution >= 0.6 is 0 Å². The minimum absolute atomic E-state index is 0.141. The summed E-state index contributed by atoms with van der Waals surface area (Å²) in [6.07, 6.45) is 4.83. The van der Waals surface area contributed by atoms with Gasteiger partial charge in [0, 0.05) is 23.8 Å². The molecule has 0 spiro atoms. The topological polar surface area (TPSA) is 42.6 Å². The van der Waals surface area contributed by atoms with Crippen LogP contribution in [-0.4, -0.2) is 25.4 Å². The standard InChI is InChI=1S/C20H22NO3/c1-21-13-16-12-18(24-10-4-9-22)7-8-19(16)20(14-21)15-5-3-6-17(11-15)23-2/h3,5-8,11-14,22H,4,9-10H2,1-2H3/q+1. The Bertz CT molecular complexity index is 845. The van der Waals surface area contributed by atoms with Gasteiger partial charge in [0.1, 0.15) is 18.5 Å². The van der Waals surface area contributed by atoms with Crippen LogP contribution < -0.4 is 14.0 Å². The van der Waals surface area contributed by atoms with Crippen molar-refractivity contribution in [1.82, 2.24) is 0 Å². The van der Waals surface area contributed by atoms with Crippen molar-refractivity contribution in [2.75, 3.05) is 20.3 Å². The van der Waals surface area contributed by atoms with Gasteiger partial charge in [0.25, 0.3) is 0 Å². The van der Waals surface area contributed by atoms with E-state index in [2.05, 4.69) is 29.1 Å². The first-order chi connectivity index (χ1) is 11.7. The molecule has 0 fully saturated rings. The van der Waals surface area contributed by atoms with Gasteiger partial charge in [0.15, 0.2) is 12.4 Å². The van der Waals surface area contributed by atoms with E-state index in [-0.39, 0.29) is 6.61 Å². The predicted octanol–water partition coefficient (Wildman–Crippen LogP) is 3.10. The van der Waals surface area contributed by atoms with E-state index >= 15 is 0 Å². The van der Waals surface area contributed by atoms with Gasteiger partial charge in [-0.05, 0) is 35.9 Å². The molecule has 0 atom stereocenters. The maximum atomic E-state index is 8.86. The molecular formula is C20H22NO3+. The zero-order valence-electron chi connectivity index (χ0n) is 14.0. The average Bonchev–Trinajstić information content (AvgIpc) is 2.61. The lowest BCUT2D eigenvalue weighted by molar-refractivity contribution is -0.669. The molecule has 4 heteroatoms. The Hall–Kier alpha value is -2.59. The maximum Gasteiger partial charge on any atom is 0.177 e. The number of benzene rings is 2. The first kappa shape index (κ1) is 16.3. The van der Waals surface area contributed by atoms with E-state index in [0.29, 0.717) is 13.0 Å². The first-order valence-electron chi connectivity index (χ1n) is 8.02. The van der Waals surface area contributed by atoms with Crippen molar-refractivity contribution in [2.24, 2.45) is 7.05 Å². The normalized spacial score (nSPS) is 10.8. The van der Waals surface area contributed by atoms with Crippen LogP contribution in [0.1, 0.15) is 6.42 Å². The number of aliphatic hydroxyl groups excluding tert-OH is 1. The fraction of sp³-hybridized carbons (Fsp3) is 0.250. The second kappa shape index (κ2) is 7.32. The van der Waals surface area contributed by atoms with Crippen LogP contribution in [-0.2, 0) is 7.05 Å². The highest BCUT2D eigenvalue weighted by molar-refractivity contribution is 5.96. The van der Waals surface area contributed by atoms with Crippen molar-refractivity contribution in [1.29, 1.82) is 0 Å². The number of aromatic nitrogens is 1. The van der Waals surface area contributed by atoms with Crippen molar-refractivity contribution in [2.45, 2.75) is 6.42 Å². The van der Waals surface area contributed by atoms with E-state index in [4.69, 9.17) is 14.6 Å². The smallest absolute Gasteiger partial charge is 0.177 e. The lowest BCUT2D eigenvalue weighted by atomic mass is 10.0. The number of nitrogens with zero attached hydrogens (tertiary/aromatic N) is 1. The number of hydrogen-bond donors (Lipinski definition) is 1. The van der Waals surface area contributed by atoms with Crippen molar-refractivity contribution in [3.63, 3.8) is 0 Å². The molecular weight excluding hydrogens is 302 g/mol. The summed E-state index contributed by atoms with van der Waals surface area (Å²) >= 11 is 0. The summed E-state index contributed by atoms with van der Waals surface area (Å²) in [5.41, 5.74) is 2.26. The number of hydrogen-bond acceptors (Lipinski definition) is 3. The summed E-state index contributed by atoms with van der Waals surface area (Å²) in [4.78, 5) is 0.